The summed E-state index contributed by atoms with van der Waals surface area (Å²) < 4.78 is 4.69. The molecular weight excluding hydrogens is 112 g/mol. The summed E-state index contributed by atoms with van der Waals surface area (Å²) in [6.07, 6.45) is 3.76. The monoisotopic (exact) mass is 132 g/mol. The molecule has 0 aromatic rings. The average molecular weight is 132 g/mol. The predicted molar refractivity (Wildman–Crippen MR) is 42.7 cm³/mol. The van der Waals surface area contributed by atoms with Crippen molar-refractivity contribution in [1.29, 1.82) is 0 Å². The molecular formula is C8H20O. The minimum atomic E-state index is 0.889. The van der Waals surface area contributed by atoms with Crippen LogP contribution in [-0.4, -0.2) is 13.7 Å². The molecule has 0 N–H and O–H groups in total. The molecule has 0 spiro atoms. The maximum Gasteiger partial charge on any atom is 0.0459 e. The van der Waals surface area contributed by atoms with Gasteiger partial charge >= 0.3 is 0 Å². The van der Waals surface area contributed by atoms with Gasteiger partial charge in [0.2, 0.25) is 0 Å². The smallest absolute Gasteiger partial charge is 0.0459 e. The summed E-state index contributed by atoms with van der Waals surface area (Å²) in [5, 5.41) is 0. The van der Waals surface area contributed by atoms with Crippen LogP contribution in [0.5, 0.6) is 0 Å². The van der Waals surface area contributed by atoms with Gasteiger partial charge in [-0.2, -0.15) is 0 Å². The molecule has 0 amide bonds. The van der Waals surface area contributed by atoms with E-state index in [1.54, 1.807) is 7.11 Å². The van der Waals surface area contributed by atoms with Crippen molar-refractivity contribution >= 4 is 0 Å². The second-order valence-corrected chi connectivity index (χ2v) is 1.99. The zero-order valence-electron chi connectivity index (χ0n) is 7.24. The lowest BCUT2D eigenvalue weighted by Crippen LogP contribution is -1.80. The van der Waals surface area contributed by atoms with E-state index in [0.717, 1.165) is 13.0 Å². The van der Waals surface area contributed by atoms with Gasteiger partial charge in [0, 0.05) is 13.7 Å². The Kier molecular flexibility index (Phi) is 20.4. The number of hydrogen-bond donors (Lipinski definition) is 0. The van der Waals surface area contributed by atoms with E-state index in [0.29, 0.717) is 0 Å². The Morgan fingerprint density at radius 3 is 1.33 bits per heavy atom. The molecule has 0 radical (unpaired) electrons. The Labute approximate surface area is 59.4 Å². The summed E-state index contributed by atoms with van der Waals surface area (Å²) >= 11 is 0. The fraction of sp³-hybridized carbons (Fsp3) is 1.00. The molecule has 0 aromatic heterocycles. The maximum atomic E-state index is 4.69. The van der Waals surface area contributed by atoms with Gasteiger partial charge in [0.15, 0.2) is 0 Å². The van der Waals surface area contributed by atoms with Gasteiger partial charge in [-0.15, -0.1) is 0 Å². The topological polar surface area (TPSA) is 9.23 Å². The molecule has 0 aliphatic heterocycles. The van der Waals surface area contributed by atoms with Crippen LogP contribution in [0.25, 0.3) is 0 Å². The fourth-order valence-corrected chi connectivity index (χ4v) is 0.204. The summed E-state index contributed by atoms with van der Waals surface area (Å²) in [7, 11) is 1.71. The largest absolute Gasteiger partial charge is 0.385 e. The van der Waals surface area contributed by atoms with Crippen LogP contribution in [0.2, 0.25) is 0 Å². The van der Waals surface area contributed by atoms with Crippen molar-refractivity contribution in [1.82, 2.24) is 0 Å². The van der Waals surface area contributed by atoms with Crippen molar-refractivity contribution in [3.8, 4) is 0 Å². The minimum Gasteiger partial charge on any atom is -0.385 e. The Hall–Kier alpha value is -0.0400. The summed E-state index contributed by atoms with van der Waals surface area (Å²) in [5.74, 6) is 0. The van der Waals surface area contributed by atoms with Crippen LogP contribution < -0.4 is 0 Å². The third kappa shape index (κ3) is 32.3. The molecule has 0 aromatic carbocycles. The standard InChI is InChI=1S/C4H10O.C4H10/c1-3-4-5-2;1-3-4-2/h3-4H2,1-2H3;3-4H2,1-2H3. The summed E-state index contributed by atoms with van der Waals surface area (Å²) in [6.45, 7) is 7.34. The zero-order valence-corrected chi connectivity index (χ0v) is 7.24. The van der Waals surface area contributed by atoms with Gasteiger partial charge in [0.1, 0.15) is 0 Å². The van der Waals surface area contributed by atoms with Gasteiger partial charge < -0.3 is 4.74 Å². The van der Waals surface area contributed by atoms with Crippen LogP contribution in [0, 0.1) is 0 Å². The van der Waals surface area contributed by atoms with E-state index in [-0.39, 0.29) is 0 Å². The molecule has 0 fully saturated rings. The quantitative estimate of drug-likeness (QED) is 0.573. The van der Waals surface area contributed by atoms with Crippen molar-refractivity contribution in [2.45, 2.75) is 40.0 Å². The van der Waals surface area contributed by atoms with E-state index in [2.05, 4.69) is 20.8 Å². The van der Waals surface area contributed by atoms with Crippen LogP contribution in [0.3, 0.4) is 0 Å². The third-order valence-corrected chi connectivity index (χ3v) is 0.908. The molecule has 9 heavy (non-hydrogen) atoms. The fourth-order valence-electron chi connectivity index (χ4n) is 0.204. The third-order valence-electron chi connectivity index (χ3n) is 0.908. The lowest BCUT2D eigenvalue weighted by Gasteiger charge is -1.84. The summed E-state index contributed by atoms with van der Waals surface area (Å²) in [5.41, 5.74) is 0. The first-order valence-corrected chi connectivity index (χ1v) is 3.82. The molecule has 0 saturated carbocycles. The molecule has 0 aliphatic rings. The Balaban J connectivity index is 0. The molecule has 0 rings (SSSR count). The lowest BCUT2D eigenvalue weighted by molar-refractivity contribution is 0.199. The molecule has 58 valence electrons. The first-order chi connectivity index (χ1) is 4.33. The highest BCUT2D eigenvalue weighted by Gasteiger charge is 1.66. The predicted octanol–water partition coefficient (Wildman–Crippen LogP) is 2.85. The van der Waals surface area contributed by atoms with Gasteiger partial charge in [0.05, 0.1) is 0 Å². The lowest BCUT2D eigenvalue weighted by atomic mass is 10.4. The van der Waals surface area contributed by atoms with Crippen molar-refractivity contribution in [2.75, 3.05) is 13.7 Å². The van der Waals surface area contributed by atoms with Crippen LogP contribution >= 0.6 is 0 Å². The Bertz CT molecular complexity index is 23.7. The van der Waals surface area contributed by atoms with E-state index in [1.165, 1.54) is 12.8 Å². The van der Waals surface area contributed by atoms with Gasteiger partial charge in [0.25, 0.3) is 0 Å². The minimum absolute atomic E-state index is 0.889. The number of hydrogen-bond acceptors (Lipinski definition) is 1. The summed E-state index contributed by atoms with van der Waals surface area (Å²) in [4.78, 5) is 0. The molecule has 1 heteroatoms. The number of rotatable bonds is 3. The van der Waals surface area contributed by atoms with Gasteiger partial charge in [-0.3, -0.25) is 0 Å². The van der Waals surface area contributed by atoms with Crippen LogP contribution in [0.4, 0.5) is 0 Å². The van der Waals surface area contributed by atoms with Crippen LogP contribution in [0.15, 0.2) is 0 Å². The Morgan fingerprint density at radius 1 is 0.889 bits per heavy atom. The van der Waals surface area contributed by atoms with Crippen molar-refractivity contribution in [3.63, 3.8) is 0 Å². The molecule has 0 aliphatic carbocycles. The zero-order chi connectivity index (χ0) is 7.54. The van der Waals surface area contributed by atoms with Gasteiger partial charge in [-0.1, -0.05) is 33.6 Å². The maximum absolute atomic E-state index is 4.69. The van der Waals surface area contributed by atoms with E-state index >= 15 is 0 Å². The molecule has 0 saturated heterocycles. The van der Waals surface area contributed by atoms with Crippen LogP contribution in [0.1, 0.15) is 40.0 Å². The average Bonchev–Trinajstić information content (AvgIpc) is 1.91. The summed E-state index contributed by atoms with van der Waals surface area (Å²) in [6, 6.07) is 0. The van der Waals surface area contributed by atoms with E-state index in [4.69, 9.17) is 4.74 Å². The first kappa shape index (κ1) is 11.7. The van der Waals surface area contributed by atoms with E-state index in [9.17, 15) is 0 Å². The highest BCUT2D eigenvalue weighted by atomic mass is 16.5. The second-order valence-electron chi connectivity index (χ2n) is 1.99. The van der Waals surface area contributed by atoms with E-state index in [1.807, 2.05) is 0 Å². The molecule has 0 bridgehead atoms. The van der Waals surface area contributed by atoms with Crippen molar-refractivity contribution < 1.29 is 4.74 Å². The number of ether oxygens (including phenoxy) is 1. The molecule has 0 heterocycles. The highest BCUT2D eigenvalue weighted by Crippen LogP contribution is 1.76. The van der Waals surface area contributed by atoms with Crippen molar-refractivity contribution in [3.05, 3.63) is 0 Å². The molecule has 0 unspecified atom stereocenters. The normalized spacial score (nSPS) is 8.00. The van der Waals surface area contributed by atoms with Crippen LogP contribution in [-0.2, 0) is 4.74 Å². The first-order valence-electron chi connectivity index (χ1n) is 3.82. The number of unbranched alkanes of at least 4 members (excludes halogenated alkanes) is 1. The van der Waals surface area contributed by atoms with Crippen molar-refractivity contribution in [2.24, 2.45) is 0 Å². The number of methoxy groups -OCH3 is 1. The molecule has 0 atom stereocenters. The van der Waals surface area contributed by atoms with Gasteiger partial charge in [-0.05, 0) is 6.42 Å². The van der Waals surface area contributed by atoms with Gasteiger partial charge in [-0.25, -0.2) is 0 Å². The second kappa shape index (κ2) is 15.7. The highest BCUT2D eigenvalue weighted by molar-refractivity contribution is 4.15. The Morgan fingerprint density at radius 2 is 1.33 bits per heavy atom. The van der Waals surface area contributed by atoms with E-state index < -0.39 is 0 Å². The SMILES string of the molecule is CCCC.CCCOC. The molecule has 1 nitrogen and oxygen atoms in total.